The van der Waals surface area contributed by atoms with Crippen LogP contribution in [0.3, 0.4) is 0 Å². The van der Waals surface area contributed by atoms with E-state index in [1.54, 1.807) is 36.6 Å². The minimum atomic E-state index is -0.477. The Balaban J connectivity index is 1.97. The van der Waals surface area contributed by atoms with Crippen LogP contribution in [0.5, 0.6) is 0 Å². The van der Waals surface area contributed by atoms with E-state index >= 15 is 0 Å². The Morgan fingerprint density at radius 3 is 2.91 bits per heavy atom. The van der Waals surface area contributed by atoms with Crippen LogP contribution < -0.4 is 5.32 Å². The van der Waals surface area contributed by atoms with Crippen molar-refractivity contribution in [1.29, 1.82) is 0 Å². The molecule has 114 valence electrons. The lowest BCUT2D eigenvalue weighted by atomic mass is 10.1. The van der Waals surface area contributed by atoms with Gasteiger partial charge in [0.05, 0.1) is 23.0 Å². The molecule has 1 aromatic carbocycles. The van der Waals surface area contributed by atoms with Gasteiger partial charge in [-0.2, -0.15) is 0 Å². The molecule has 4 nitrogen and oxygen atoms in total. The Labute approximate surface area is 131 Å². The first kappa shape index (κ1) is 14.8. The zero-order valence-corrected chi connectivity index (χ0v) is 12.3. The molecule has 3 rings (SSSR count). The average Bonchev–Trinajstić information content (AvgIpc) is 3.04. The maximum absolute atomic E-state index is 14.6. The minimum Gasteiger partial charge on any atom is -0.467 e. The summed E-state index contributed by atoms with van der Waals surface area (Å²) in [5, 5.41) is 13.2. The molecule has 0 amide bonds. The van der Waals surface area contributed by atoms with Crippen molar-refractivity contribution >= 4 is 28.2 Å². The molecular formula is C16H14ClFN2O2. The normalized spacial score (nSPS) is 12.5. The van der Waals surface area contributed by atoms with Crippen LogP contribution in [-0.2, 0) is 0 Å². The monoisotopic (exact) mass is 320 g/mol. The number of rotatable bonds is 5. The van der Waals surface area contributed by atoms with Crippen LogP contribution in [0.2, 0.25) is 5.02 Å². The number of nitrogens with zero attached hydrogens (tertiary/aromatic N) is 1. The topological polar surface area (TPSA) is 58.3 Å². The van der Waals surface area contributed by atoms with Crippen LogP contribution >= 0.6 is 11.6 Å². The molecule has 0 spiro atoms. The van der Waals surface area contributed by atoms with Gasteiger partial charge in [0, 0.05) is 18.2 Å². The van der Waals surface area contributed by atoms with Crippen LogP contribution in [0.4, 0.5) is 10.1 Å². The lowest BCUT2D eigenvalue weighted by Gasteiger charge is -2.18. The van der Waals surface area contributed by atoms with Crippen LogP contribution in [0, 0.1) is 5.82 Å². The highest BCUT2D eigenvalue weighted by Crippen LogP contribution is 2.30. The third-order valence-corrected chi connectivity index (χ3v) is 3.76. The molecule has 0 fully saturated rings. The van der Waals surface area contributed by atoms with Crippen LogP contribution in [-0.4, -0.2) is 16.7 Å². The molecule has 0 aliphatic heterocycles. The quantitative estimate of drug-likeness (QED) is 0.741. The predicted molar refractivity (Wildman–Crippen MR) is 83.5 cm³/mol. The number of benzene rings is 1. The van der Waals surface area contributed by atoms with E-state index < -0.39 is 5.82 Å². The number of fused-ring (bicyclic) bond motifs is 1. The van der Waals surface area contributed by atoms with Gasteiger partial charge in [-0.05, 0) is 36.8 Å². The van der Waals surface area contributed by atoms with Crippen molar-refractivity contribution in [3.63, 3.8) is 0 Å². The molecular weight excluding hydrogens is 307 g/mol. The van der Waals surface area contributed by atoms with Gasteiger partial charge in [-0.25, -0.2) is 4.39 Å². The van der Waals surface area contributed by atoms with Crippen molar-refractivity contribution in [3.8, 4) is 0 Å². The zero-order valence-electron chi connectivity index (χ0n) is 11.6. The predicted octanol–water partition coefficient (Wildman–Crippen LogP) is 4.16. The highest BCUT2D eigenvalue weighted by Gasteiger charge is 2.17. The van der Waals surface area contributed by atoms with Gasteiger partial charge < -0.3 is 14.8 Å². The number of nitrogens with one attached hydrogen (secondary N) is 1. The highest BCUT2D eigenvalue weighted by molar-refractivity contribution is 6.35. The molecule has 0 aliphatic rings. The first-order valence-electron chi connectivity index (χ1n) is 6.84. The smallest absolute Gasteiger partial charge is 0.172 e. The highest BCUT2D eigenvalue weighted by atomic mass is 35.5. The lowest BCUT2D eigenvalue weighted by Crippen LogP contribution is -2.13. The second-order valence-corrected chi connectivity index (χ2v) is 5.25. The molecule has 3 aromatic rings. The first-order valence-corrected chi connectivity index (χ1v) is 7.22. The van der Waals surface area contributed by atoms with Crippen molar-refractivity contribution in [3.05, 3.63) is 59.4 Å². The molecule has 2 aromatic heterocycles. The number of aromatic nitrogens is 1. The number of anilines is 1. The van der Waals surface area contributed by atoms with Gasteiger partial charge in [-0.1, -0.05) is 11.6 Å². The van der Waals surface area contributed by atoms with Gasteiger partial charge in [-0.15, -0.1) is 0 Å². The minimum absolute atomic E-state index is 0.0440. The fourth-order valence-electron chi connectivity index (χ4n) is 2.35. The molecule has 2 heterocycles. The summed E-state index contributed by atoms with van der Waals surface area (Å²) in [6.45, 7) is -0.0440. The summed E-state index contributed by atoms with van der Waals surface area (Å²) in [5.74, 6) is 0.155. The summed E-state index contributed by atoms with van der Waals surface area (Å²) in [7, 11) is 0. The van der Waals surface area contributed by atoms with Gasteiger partial charge in [-0.3, -0.25) is 4.98 Å². The fraction of sp³-hybridized carbons (Fsp3) is 0.188. The summed E-state index contributed by atoms with van der Waals surface area (Å²) >= 11 is 6.04. The summed E-state index contributed by atoms with van der Waals surface area (Å²) < 4.78 is 19.9. The number of hydrogen-bond donors (Lipinski definition) is 2. The lowest BCUT2D eigenvalue weighted by molar-refractivity contribution is 0.273. The summed E-state index contributed by atoms with van der Waals surface area (Å²) in [6, 6.07) is 8.15. The molecule has 22 heavy (non-hydrogen) atoms. The number of aliphatic hydroxyl groups is 1. The van der Waals surface area contributed by atoms with Gasteiger partial charge in [0.2, 0.25) is 0 Å². The van der Waals surface area contributed by atoms with Crippen LogP contribution in [0.1, 0.15) is 18.2 Å². The molecule has 0 saturated heterocycles. The van der Waals surface area contributed by atoms with E-state index in [4.69, 9.17) is 16.0 Å². The number of furan rings is 1. The van der Waals surface area contributed by atoms with E-state index in [-0.39, 0.29) is 23.9 Å². The standard InChI is InChI=1S/C16H14ClFN2O2/c17-11-5-7-19-16-10(11)3-4-13(15(16)18)20-12(6-8-21)14-2-1-9-22-14/h1-5,7,9,12,20-21H,6,8H2. The van der Waals surface area contributed by atoms with E-state index in [1.807, 2.05) is 0 Å². The molecule has 2 N–H and O–H groups in total. The SMILES string of the molecule is OCCC(Nc1ccc2c(Cl)ccnc2c1F)c1ccco1. The second kappa shape index (κ2) is 6.34. The molecule has 0 radical (unpaired) electrons. The van der Waals surface area contributed by atoms with E-state index in [0.717, 1.165) is 0 Å². The Morgan fingerprint density at radius 1 is 1.32 bits per heavy atom. The van der Waals surface area contributed by atoms with E-state index in [0.29, 0.717) is 22.6 Å². The maximum Gasteiger partial charge on any atom is 0.172 e. The number of pyridine rings is 1. The molecule has 0 bridgehead atoms. The Bertz CT molecular complexity index is 777. The largest absolute Gasteiger partial charge is 0.467 e. The number of aliphatic hydroxyl groups excluding tert-OH is 1. The van der Waals surface area contributed by atoms with Gasteiger partial charge in [0.15, 0.2) is 5.82 Å². The second-order valence-electron chi connectivity index (χ2n) is 4.84. The molecule has 1 atom stereocenters. The Kier molecular flexibility index (Phi) is 4.27. The number of hydrogen-bond acceptors (Lipinski definition) is 4. The van der Waals surface area contributed by atoms with E-state index in [9.17, 15) is 9.50 Å². The van der Waals surface area contributed by atoms with Crippen LogP contribution in [0.15, 0.2) is 47.2 Å². The van der Waals surface area contributed by atoms with Crippen molar-refractivity contribution in [1.82, 2.24) is 4.98 Å². The van der Waals surface area contributed by atoms with Gasteiger partial charge in [0.25, 0.3) is 0 Å². The van der Waals surface area contributed by atoms with E-state index in [1.165, 1.54) is 6.20 Å². The molecule has 6 heteroatoms. The van der Waals surface area contributed by atoms with Crippen molar-refractivity contribution in [2.24, 2.45) is 0 Å². The first-order chi connectivity index (χ1) is 10.7. The zero-order chi connectivity index (χ0) is 15.5. The third-order valence-electron chi connectivity index (χ3n) is 3.43. The average molecular weight is 321 g/mol. The summed E-state index contributed by atoms with van der Waals surface area (Å²) in [6.07, 6.45) is 3.41. The van der Waals surface area contributed by atoms with Crippen molar-refractivity contribution in [2.45, 2.75) is 12.5 Å². The van der Waals surface area contributed by atoms with E-state index in [2.05, 4.69) is 10.3 Å². The maximum atomic E-state index is 14.6. The Morgan fingerprint density at radius 2 is 2.18 bits per heavy atom. The molecule has 0 saturated carbocycles. The molecule has 0 aliphatic carbocycles. The Hall–Kier alpha value is -2.11. The molecule has 1 unspecified atom stereocenters. The summed E-state index contributed by atoms with van der Waals surface area (Å²) in [5.41, 5.74) is 0.497. The van der Waals surface area contributed by atoms with Gasteiger partial charge >= 0.3 is 0 Å². The van der Waals surface area contributed by atoms with Crippen molar-refractivity contribution < 1.29 is 13.9 Å². The fourth-order valence-corrected chi connectivity index (χ4v) is 2.56. The number of halogens is 2. The van der Waals surface area contributed by atoms with Gasteiger partial charge in [0.1, 0.15) is 11.3 Å². The van der Waals surface area contributed by atoms with Crippen LogP contribution in [0.25, 0.3) is 10.9 Å². The third kappa shape index (κ3) is 2.77. The summed E-state index contributed by atoms with van der Waals surface area (Å²) in [4.78, 5) is 4.05. The van der Waals surface area contributed by atoms with Crippen molar-refractivity contribution in [2.75, 3.05) is 11.9 Å².